The standard InChI is InChI=1S/C16H19F3N4O2/c1-9-15(10(2)23(3)22-9)25-8-14(24)21-13-5-11(7-20)4-12(6-13)16(17,18)19/h4-6H,7-8,20H2,1-3H3,(H,21,24). The van der Waals surface area contributed by atoms with Gasteiger partial charge in [0.15, 0.2) is 12.4 Å². The molecule has 0 saturated carbocycles. The first kappa shape index (κ1) is 18.8. The van der Waals surface area contributed by atoms with Crippen LogP contribution in [0.3, 0.4) is 0 Å². The van der Waals surface area contributed by atoms with Gasteiger partial charge in [-0.2, -0.15) is 18.3 Å². The van der Waals surface area contributed by atoms with Crippen LogP contribution in [0, 0.1) is 13.8 Å². The third-order valence-corrected chi connectivity index (χ3v) is 3.63. The van der Waals surface area contributed by atoms with Crippen LogP contribution in [-0.4, -0.2) is 22.3 Å². The van der Waals surface area contributed by atoms with E-state index in [0.29, 0.717) is 11.4 Å². The highest BCUT2D eigenvalue weighted by Crippen LogP contribution is 2.32. The molecule has 0 aliphatic rings. The SMILES string of the molecule is Cc1nn(C)c(C)c1OCC(=O)Nc1cc(CN)cc(C(F)(F)F)c1. The van der Waals surface area contributed by atoms with Crippen molar-refractivity contribution in [3.05, 3.63) is 40.7 Å². The summed E-state index contributed by atoms with van der Waals surface area (Å²) in [6, 6.07) is 3.21. The minimum Gasteiger partial charge on any atom is -0.480 e. The molecule has 1 aromatic heterocycles. The highest BCUT2D eigenvalue weighted by Gasteiger charge is 2.31. The molecule has 1 heterocycles. The fraction of sp³-hybridized carbons (Fsp3) is 0.375. The van der Waals surface area contributed by atoms with E-state index in [2.05, 4.69) is 10.4 Å². The number of carbonyl (C=O) groups is 1. The van der Waals surface area contributed by atoms with Crippen LogP contribution in [0.5, 0.6) is 5.75 Å². The number of hydrogen-bond donors (Lipinski definition) is 2. The quantitative estimate of drug-likeness (QED) is 0.863. The zero-order chi connectivity index (χ0) is 18.8. The predicted octanol–water partition coefficient (Wildman–Crippen LogP) is 2.53. The second-order valence-electron chi connectivity index (χ2n) is 5.58. The summed E-state index contributed by atoms with van der Waals surface area (Å²) < 4.78 is 45.7. The van der Waals surface area contributed by atoms with Gasteiger partial charge in [-0.3, -0.25) is 9.48 Å². The number of aromatic nitrogens is 2. The Morgan fingerprint density at radius 2 is 2.00 bits per heavy atom. The van der Waals surface area contributed by atoms with E-state index in [1.165, 1.54) is 6.07 Å². The Kier molecular flexibility index (Phi) is 5.36. The molecule has 136 valence electrons. The molecule has 1 aromatic carbocycles. The lowest BCUT2D eigenvalue weighted by Gasteiger charge is -2.13. The number of alkyl halides is 3. The van der Waals surface area contributed by atoms with Gasteiger partial charge < -0.3 is 15.8 Å². The van der Waals surface area contributed by atoms with Gasteiger partial charge >= 0.3 is 6.18 Å². The number of halogens is 3. The van der Waals surface area contributed by atoms with Crippen LogP contribution < -0.4 is 15.8 Å². The van der Waals surface area contributed by atoms with Gasteiger partial charge in [0.1, 0.15) is 5.69 Å². The molecule has 0 bridgehead atoms. The normalized spacial score (nSPS) is 11.5. The number of nitrogens with two attached hydrogens (primary N) is 1. The minimum atomic E-state index is -4.52. The van der Waals surface area contributed by atoms with E-state index >= 15 is 0 Å². The number of amides is 1. The number of carbonyl (C=O) groups excluding carboxylic acids is 1. The lowest BCUT2D eigenvalue weighted by molar-refractivity contribution is -0.137. The van der Waals surface area contributed by atoms with Gasteiger partial charge in [0, 0.05) is 19.3 Å². The van der Waals surface area contributed by atoms with Crippen molar-refractivity contribution in [3.8, 4) is 5.75 Å². The van der Waals surface area contributed by atoms with Crippen LogP contribution in [0.15, 0.2) is 18.2 Å². The molecule has 6 nitrogen and oxygen atoms in total. The Labute approximate surface area is 142 Å². The lowest BCUT2D eigenvalue weighted by Crippen LogP contribution is -2.21. The van der Waals surface area contributed by atoms with Crippen LogP contribution >= 0.6 is 0 Å². The van der Waals surface area contributed by atoms with Gasteiger partial charge in [-0.25, -0.2) is 0 Å². The zero-order valence-corrected chi connectivity index (χ0v) is 14.1. The molecule has 9 heteroatoms. The van der Waals surface area contributed by atoms with E-state index in [0.717, 1.165) is 17.8 Å². The Morgan fingerprint density at radius 3 is 2.52 bits per heavy atom. The molecule has 1 amide bonds. The zero-order valence-electron chi connectivity index (χ0n) is 14.1. The molecule has 2 aromatic rings. The highest BCUT2D eigenvalue weighted by molar-refractivity contribution is 5.92. The van der Waals surface area contributed by atoms with Crippen molar-refractivity contribution in [1.82, 2.24) is 9.78 Å². The molecule has 3 N–H and O–H groups in total. The summed E-state index contributed by atoms with van der Waals surface area (Å²) in [5.41, 5.74) is 6.20. The van der Waals surface area contributed by atoms with Crippen LogP contribution in [0.2, 0.25) is 0 Å². The van der Waals surface area contributed by atoms with Crippen molar-refractivity contribution in [2.24, 2.45) is 12.8 Å². The fourth-order valence-electron chi connectivity index (χ4n) is 2.34. The van der Waals surface area contributed by atoms with Gasteiger partial charge in [-0.05, 0) is 37.6 Å². The van der Waals surface area contributed by atoms with Crippen molar-refractivity contribution in [1.29, 1.82) is 0 Å². The average molecular weight is 356 g/mol. The number of nitrogens with zero attached hydrogens (tertiary/aromatic N) is 2. The molecule has 0 atom stereocenters. The number of anilines is 1. The molecule has 0 unspecified atom stereocenters. The second kappa shape index (κ2) is 7.14. The second-order valence-corrected chi connectivity index (χ2v) is 5.58. The minimum absolute atomic E-state index is 0.0171. The lowest BCUT2D eigenvalue weighted by atomic mass is 10.1. The van der Waals surface area contributed by atoms with Crippen LogP contribution in [0.4, 0.5) is 18.9 Å². The molecule has 0 radical (unpaired) electrons. The summed E-state index contributed by atoms with van der Waals surface area (Å²) in [6.45, 7) is 3.10. The Hall–Kier alpha value is -2.55. The summed E-state index contributed by atoms with van der Waals surface area (Å²) >= 11 is 0. The van der Waals surface area contributed by atoms with Gasteiger partial charge in [-0.1, -0.05) is 0 Å². The van der Waals surface area contributed by atoms with Crippen molar-refractivity contribution < 1.29 is 22.7 Å². The summed E-state index contributed by atoms with van der Waals surface area (Å²) in [4.78, 5) is 12.0. The molecule has 0 fully saturated rings. The Morgan fingerprint density at radius 1 is 1.32 bits per heavy atom. The van der Waals surface area contributed by atoms with Crippen molar-refractivity contribution in [2.75, 3.05) is 11.9 Å². The fourth-order valence-corrected chi connectivity index (χ4v) is 2.34. The molecule has 0 aliphatic heterocycles. The van der Waals surface area contributed by atoms with E-state index in [9.17, 15) is 18.0 Å². The summed E-state index contributed by atoms with van der Waals surface area (Å²) in [7, 11) is 1.74. The third kappa shape index (κ3) is 4.50. The first-order valence-electron chi connectivity index (χ1n) is 7.46. The number of hydrogen-bond acceptors (Lipinski definition) is 4. The Bertz CT molecular complexity index is 784. The monoisotopic (exact) mass is 356 g/mol. The van der Waals surface area contributed by atoms with Crippen molar-refractivity contribution >= 4 is 11.6 Å². The van der Waals surface area contributed by atoms with E-state index in [-0.39, 0.29) is 24.4 Å². The number of aryl methyl sites for hydroxylation is 2. The van der Waals surface area contributed by atoms with Gasteiger partial charge in [0.2, 0.25) is 0 Å². The maximum Gasteiger partial charge on any atom is 0.416 e. The molecule has 25 heavy (non-hydrogen) atoms. The maximum absolute atomic E-state index is 12.9. The van der Waals surface area contributed by atoms with Gasteiger partial charge in [0.05, 0.1) is 11.3 Å². The van der Waals surface area contributed by atoms with Gasteiger partial charge in [-0.15, -0.1) is 0 Å². The summed E-state index contributed by atoms with van der Waals surface area (Å²) in [5, 5.41) is 6.55. The van der Waals surface area contributed by atoms with E-state index in [1.54, 1.807) is 25.6 Å². The first-order chi connectivity index (χ1) is 11.6. The van der Waals surface area contributed by atoms with Crippen molar-refractivity contribution in [3.63, 3.8) is 0 Å². The Balaban J connectivity index is 2.10. The summed E-state index contributed by atoms with van der Waals surface area (Å²) in [5.74, 6) is -0.103. The molecular weight excluding hydrogens is 337 g/mol. The molecule has 0 aliphatic carbocycles. The molecule has 0 saturated heterocycles. The van der Waals surface area contributed by atoms with Gasteiger partial charge in [0.25, 0.3) is 5.91 Å². The topological polar surface area (TPSA) is 82.2 Å². The van der Waals surface area contributed by atoms with Crippen molar-refractivity contribution in [2.45, 2.75) is 26.6 Å². The van der Waals surface area contributed by atoms with E-state index in [1.807, 2.05) is 0 Å². The summed E-state index contributed by atoms with van der Waals surface area (Å²) in [6.07, 6.45) is -4.52. The molecule has 0 spiro atoms. The molecule has 2 rings (SSSR count). The largest absolute Gasteiger partial charge is 0.480 e. The number of rotatable bonds is 5. The van der Waals surface area contributed by atoms with Crippen LogP contribution in [0.25, 0.3) is 0 Å². The number of benzene rings is 1. The number of ether oxygens (including phenoxy) is 1. The molecular formula is C16H19F3N4O2. The first-order valence-corrected chi connectivity index (χ1v) is 7.46. The van der Waals surface area contributed by atoms with E-state index < -0.39 is 17.6 Å². The average Bonchev–Trinajstić information content (AvgIpc) is 2.76. The number of nitrogens with one attached hydrogen (secondary N) is 1. The highest BCUT2D eigenvalue weighted by atomic mass is 19.4. The smallest absolute Gasteiger partial charge is 0.416 e. The van der Waals surface area contributed by atoms with E-state index in [4.69, 9.17) is 10.5 Å². The third-order valence-electron chi connectivity index (χ3n) is 3.63. The van der Waals surface area contributed by atoms with Crippen LogP contribution in [0.1, 0.15) is 22.5 Å². The van der Waals surface area contributed by atoms with Crippen LogP contribution in [-0.2, 0) is 24.6 Å². The maximum atomic E-state index is 12.9. The predicted molar refractivity (Wildman–Crippen MR) is 86.1 cm³/mol.